The Morgan fingerprint density at radius 3 is 2.63 bits per heavy atom. The molecule has 1 amide bonds. The fraction of sp³-hybridized carbons (Fsp3) is 0.619. The highest BCUT2D eigenvalue weighted by atomic mass is 19.3. The molecule has 1 aliphatic rings. The predicted molar refractivity (Wildman–Crippen MR) is 115 cm³/mol. The van der Waals surface area contributed by atoms with Crippen molar-refractivity contribution >= 4 is 17.6 Å². The van der Waals surface area contributed by atoms with Crippen LogP contribution in [-0.4, -0.2) is 57.2 Å². The van der Waals surface area contributed by atoms with Gasteiger partial charge in [0.25, 0.3) is 0 Å². The summed E-state index contributed by atoms with van der Waals surface area (Å²) in [6.45, 7) is 7.69. The van der Waals surface area contributed by atoms with Gasteiger partial charge in [0.1, 0.15) is 5.75 Å². The van der Waals surface area contributed by atoms with Crippen molar-refractivity contribution in [1.29, 1.82) is 0 Å². The van der Waals surface area contributed by atoms with E-state index in [4.69, 9.17) is 0 Å². The van der Waals surface area contributed by atoms with E-state index < -0.39 is 12.0 Å². The molecule has 168 valence electrons. The van der Waals surface area contributed by atoms with Crippen LogP contribution in [0.1, 0.15) is 34.1 Å². The van der Waals surface area contributed by atoms with Gasteiger partial charge in [0.05, 0.1) is 17.6 Å². The fourth-order valence-electron chi connectivity index (χ4n) is 3.27. The van der Waals surface area contributed by atoms with E-state index in [1.807, 2.05) is 38.7 Å². The van der Waals surface area contributed by atoms with E-state index >= 15 is 0 Å². The molecule has 0 aromatic heterocycles. The van der Waals surface area contributed by atoms with Crippen LogP contribution in [-0.2, 0) is 4.79 Å². The van der Waals surface area contributed by atoms with Gasteiger partial charge < -0.3 is 25.6 Å². The van der Waals surface area contributed by atoms with Gasteiger partial charge in [0.2, 0.25) is 5.91 Å². The highest BCUT2D eigenvalue weighted by Gasteiger charge is 2.28. The van der Waals surface area contributed by atoms with Crippen molar-refractivity contribution < 1.29 is 18.3 Å². The number of amides is 1. The van der Waals surface area contributed by atoms with Gasteiger partial charge in [-0.25, -0.2) is 0 Å². The normalized spacial score (nSPS) is 17.2. The van der Waals surface area contributed by atoms with Gasteiger partial charge in [-0.1, -0.05) is 12.1 Å². The molecule has 1 atom stereocenters. The summed E-state index contributed by atoms with van der Waals surface area (Å²) in [6, 6.07) is 6.92. The molecule has 1 fully saturated rings. The van der Waals surface area contributed by atoms with E-state index in [-0.39, 0.29) is 17.7 Å². The molecule has 3 N–H and O–H groups in total. The number of nitrogens with zero attached hydrogens (tertiary/aromatic N) is 2. The number of carbonyl (C=O) groups excluding carboxylic acids is 1. The standard InChI is InChI=1S/C21H33F2N5O2/c1-5-24-18(29)21(3,4)14-26-20(25-6-2)27-15-11-12-28(13-15)16-9-7-8-10-17(16)30-19(22)23/h7-10,15,19H,5-6,11-14H2,1-4H3,(H,24,29)(H2,25,26,27). The third kappa shape index (κ3) is 6.74. The molecule has 1 saturated heterocycles. The number of hydrogen-bond acceptors (Lipinski definition) is 4. The van der Waals surface area contributed by atoms with Crippen molar-refractivity contribution in [3.8, 4) is 5.75 Å². The van der Waals surface area contributed by atoms with Gasteiger partial charge in [0.15, 0.2) is 5.96 Å². The molecule has 1 aromatic rings. The van der Waals surface area contributed by atoms with Gasteiger partial charge in [0, 0.05) is 32.2 Å². The van der Waals surface area contributed by atoms with E-state index in [9.17, 15) is 13.6 Å². The number of anilines is 1. The molecule has 0 aliphatic carbocycles. The average molecular weight is 426 g/mol. The first-order valence-corrected chi connectivity index (χ1v) is 10.4. The highest BCUT2D eigenvalue weighted by Crippen LogP contribution is 2.31. The average Bonchev–Trinajstić information content (AvgIpc) is 3.15. The van der Waals surface area contributed by atoms with Crippen LogP contribution in [0.3, 0.4) is 0 Å². The summed E-state index contributed by atoms with van der Waals surface area (Å²) >= 11 is 0. The van der Waals surface area contributed by atoms with E-state index in [1.54, 1.807) is 18.2 Å². The number of para-hydroxylation sites is 2. The summed E-state index contributed by atoms with van der Waals surface area (Å²) < 4.78 is 30.1. The number of nitrogens with one attached hydrogen (secondary N) is 3. The molecule has 1 aromatic carbocycles. The minimum atomic E-state index is -2.86. The zero-order chi connectivity index (χ0) is 22.1. The number of hydrogen-bond donors (Lipinski definition) is 3. The van der Waals surface area contributed by atoms with E-state index in [1.165, 1.54) is 0 Å². The molecule has 9 heteroatoms. The second kappa shape index (κ2) is 11.0. The Hall–Kier alpha value is -2.58. The van der Waals surface area contributed by atoms with Crippen LogP contribution in [0.2, 0.25) is 0 Å². The van der Waals surface area contributed by atoms with Crippen LogP contribution < -0.4 is 25.6 Å². The van der Waals surface area contributed by atoms with Gasteiger partial charge in [-0.15, -0.1) is 0 Å². The molecule has 2 rings (SSSR count). The minimum Gasteiger partial charge on any atom is -0.433 e. The summed E-state index contributed by atoms with van der Waals surface area (Å²) in [7, 11) is 0. The summed E-state index contributed by atoms with van der Waals surface area (Å²) in [5.74, 6) is 0.781. The van der Waals surface area contributed by atoms with Crippen LogP contribution in [0, 0.1) is 5.41 Å². The van der Waals surface area contributed by atoms with Crippen molar-refractivity contribution in [2.45, 2.75) is 46.8 Å². The van der Waals surface area contributed by atoms with Crippen molar-refractivity contribution in [3.63, 3.8) is 0 Å². The third-order valence-electron chi connectivity index (χ3n) is 4.88. The van der Waals surface area contributed by atoms with Crippen LogP contribution in [0.4, 0.5) is 14.5 Å². The number of alkyl halides is 2. The van der Waals surface area contributed by atoms with Crippen molar-refractivity contribution in [2.24, 2.45) is 10.4 Å². The first-order valence-electron chi connectivity index (χ1n) is 10.4. The lowest BCUT2D eigenvalue weighted by Crippen LogP contribution is -2.46. The van der Waals surface area contributed by atoms with Gasteiger partial charge in [-0.3, -0.25) is 9.79 Å². The molecule has 0 radical (unpaired) electrons. The Labute approximate surface area is 177 Å². The topological polar surface area (TPSA) is 78.0 Å². The number of halogens is 2. The molecule has 1 heterocycles. The van der Waals surface area contributed by atoms with Crippen molar-refractivity contribution in [1.82, 2.24) is 16.0 Å². The molecule has 1 aliphatic heterocycles. The van der Waals surface area contributed by atoms with Crippen LogP contribution >= 0.6 is 0 Å². The summed E-state index contributed by atoms with van der Waals surface area (Å²) in [4.78, 5) is 18.8. The van der Waals surface area contributed by atoms with Crippen LogP contribution in [0.5, 0.6) is 5.75 Å². The number of guanidine groups is 1. The number of benzene rings is 1. The Morgan fingerprint density at radius 2 is 1.97 bits per heavy atom. The Morgan fingerprint density at radius 1 is 1.27 bits per heavy atom. The first kappa shape index (κ1) is 23.7. The third-order valence-corrected chi connectivity index (χ3v) is 4.88. The number of aliphatic imine (C=N–C) groups is 1. The fourth-order valence-corrected chi connectivity index (χ4v) is 3.27. The molecular formula is C21H33F2N5O2. The van der Waals surface area contributed by atoms with Gasteiger partial charge >= 0.3 is 6.61 Å². The summed E-state index contributed by atoms with van der Waals surface area (Å²) in [5, 5.41) is 9.44. The molecule has 0 spiro atoms. The monoisotopic (exact) mass is 425 g/mol. The molecule has 1 unspecified atom stereocenters. The van der Waals surface area contributed by atoms with Gasteiger partial charge in [-0.05, 0) is 46.2 Å². The Kier molecular flexibility index (Phi) is 8.68. The first-order chi connectivity index (χ1) is 14.3. The maximum absolute atomic E-state index is 12.7. The van der Waals surface area contributed by atoms with E-state index in [2.05, 4.69) is 25.7 Å². The minimum absolute atomic E-state index is 0.0349. The zero-order valence-electron chi connectivity index (χ0n) is 18.2. The van der Waals surface area contributed by atoms with E-state index in [0.29, 0.717) is 44.4 Å². The number of ether oxygens (including phenoxy) is 1. The van der Waals surface area contributed by atoms with Crippen molar-refractivity contribution in [3.05, 3.63) is 24.3 Å². The maximum Gasteiger partial charge on any atom is 0.387 e. The number of carbonyl (C=O) groups is 1. The zero-order valence-corrected chi connectivity index (χ0v) is 18.2. The predicted octanol–water partition coefficient (Wildman–Crippen LogP) is 2.58. The second-order valence-corrected chi connectivity index (χ2v) is 7.86. The molecular weight excluding hydrogens is 392 g/mol. The lowest BCUT2D eigenvalue weighted by atomic mass is 9.92. The smallest absolute Gasteiger partial charge is 0.387 e. The summed E-state index contributed by atoms with van der Waals surface area (Å²) in [6.07, 6.45) is 0.827. The van der Waals surface area contributed by atoms with Crippen molar-refractivity contribution in [2.75, 3.05) is 37.6 Å². The maximum atomic E-state index is 12.7. The molecule has 0 bridgehead atoms. The SMILES string of the molecule is CCNC(=O)C(C)(C)CN=C(NCC)NC1CCN(c2ccccc2OC(F)F)C1. The highest BCUT2D eigenvalue weighted by molar-refractivity contribution is 5.84. The Balaban J connectivity index is 2.02. The lowest BCUT2D eigenvalue weighted by molar-refractivity contribution is -0.128. The van der Waals surface area contributed by atoms with Crippen LogP contribution in [0.15, 0.2) is 29.3 Å². The molecule has 0 saturated carbocycles. The number of rotatable bonds is 9. The quantitative estimate of drug-likeness (QED) is 0.419. The molecule has 30 heavy (non-hydrogen) atoms. The lowest BCUT2D eigenvalue weighted by Gasteiger charge is -2.24. The van der Waals surface area contributed by atoms with Crippen LogP contribution in [0.25, 0.3) is 0 Å². The second-order valence-electron chi connectivity index (χ2n) is 7.86. The molecule has 7 nitrogen and oxygen atoms in total. The Bertz CT molecular complexity index is 727. The largest absolute Gasteiger partial charge is 0.433 e. The van der Waals surface area contributed by atoms with E-state index in [0.717, 1.165) is 6.42 Å². The summed E-state index contributed by atoms with van der Waals surface area (Å²) in [5.41, 5.74) is 0.0347. The van der Waals surface area contributed by atoms with Gasteiger partial charge in [-0.2, -0.15) is 8.78 Å².